The number of carbonyl (C=O) groups excluding carboxylic acids is 2. The van der Waals surface area contributed by atoms with E-state index in [4.69, 9.17) is 9.15 Å². The van der Waals surface area contributed by atoms with Crippen LogP contribution in [-0.2, 0) is 4.79 Å². The van der Waals surface area contributed by atoms with Gasteiger partial charge in [0, 0.05) is 5.56 Å². The molecule has 2 aromatic rings. The normalized spacial score (nSPS) is 13.2. The molecule has 0 spiro atoms. The minimum absolute atomic E-state index is 0.0592. The van der Waals surface area contributed by atoms with E-state index in [-0.39, 0.29) is 17.7 Å². The zero-order chi connectivity index (χ0) is 18.9. The van der Waals surface area contributed by atoms with Crippen LogP contribution in [0.25, 0.3) is 0 Å². The highest BCUT2D eigenvalue weighted by Crippen LogP contribution is 2.13. The van der Waals surface area contributed by atoms with E-state index in [9.17, 15) is 9.59 Å². The average molecular weight is 357 g/mol. The number of nitrogens with zero attached hydrogens (tertiary/aromatic N) is 1. The van der Waals surface area contributed by atoms with Crippen LogP contribution in [0.5, 0.6) is 5.75 Å². The minimum atomic E-state index is -0.705. The molecule has 0 saturated carbocycles. The number of furan rings is 1. The summed E-state index contributed by atoms with van der Waals surface area (Å²) in [4.78, 5) is 24.9. The first-order chi connectivity index (χ1) is 12.5. The number of carbonyl (C=O) groups is 2. The van der Waals surface area contributed by atoms with Gasteiger partial charge in [0.2, 0.25) is 0 Å². The number of hydrogen-bond acceptors (Lipinski definition) is 5. The average Bonchev–Trinajstić information content (AvgIpc) is 3.18. The summed E-state index contributed by atoms with van der Waals surface area (Å²) in [5.41, 5.74) is 2.90. The van der Waals surface area contributed by atoms with Gasteiger partial charge in [-0.15, -0.1) is 0 Å². The molecule has 2 N–H and O–H groups in total. The molecule has 1 unspecified atom stereocenters. The highest BCUT2D eigenvalue weighted by molar-refractivity contribution is 5.97. The molecule has 1 aromatic heterocycles. The van der Waals surface area contributed by atoms with Crippen LogP contribution < -0.4 is 15.5 Å². The van der Waals surface area contributed by atoms with Gasteiger partial charge in [0.25, 0.3) is 11.8 Å². The van der Waals surface area contributed by atoms with Crippen molar-refractivity contribution < 1.29 is 18.7 Å². The van der Waals surface area contributed by atoms with Crippen LogP contribution in [-0.4, -0.2) is 31.2 Å². The number of rotatable bonds is 8. The molecule has 7 nitrogen and oxygen atoms in total. The monoisotopic (exact) mass is 357 g/mol. The molecule has 0 aliphatic rings. The molecule has 2 rings (SSSR count). The Morgan fingerprint density at radius 1 is 1.27 bits per heavy atom. The molecule has 0 fully saturated rings. The van der Waals surface area contributed by atoms with Gasteiger partial charge >= 0.3 is 0 Å². The zero-order valence-electron chi connectivity index (χ0n) is 15.1. The van der Waals surface area contributed by atoms with Gasteiger partial charge in [-0.1, -0.05) is 20.3 Å². The largest absolute Gasteiger partial charge is 0.497 e. The van der Waals surface area contributed by atoms with Crippen molar-refractivity contribution in [1.29, 1.82) is 0 Å². The third-order valence-electron chi connectivity index (χ3n) is 4.04. The Balaban J connectivity index is 2.03. The highest BCUT2D eigenvalue weighted by atomic mass is 16.5. The van der Waals surface area contributed by atoms with E-state index in [1.165, 1.54) is 12.5 Å². The van der Waals surface area contributed by atoms with Crippen molar-refractivity contribution >= 4 is 18.0 Å². The molecule has 2 atom stereocenters. The summed E-state index contributed by atoms with van der Waals surface area (Å²) < 4.78 is 10.2. The van der Waals surface area contributed by atoms with Crippen molar-refractivity contribution in [3.05, 3.63) is 54.0 Å². The summed E-state index contributed by atoms with van der Waals surface area (Å²) in [5, 5.41) is 6.64. The van der Waals surface area contributed by atoms with E-state index >= 15 is 0 Å². The molecule has 1 aromatic carbocycles. The van der Waals surface area contributed by atoms with E-state index in [0.717, 1.165) is 6.42 Å². The Bertz CT molecular complexity index is 739. The summed E-state index contributed by atoms with van der Waals surface area (Å²) in [7, 11) is 1.56. The molecule has 138 valence electrons. The first kappa shape index (κ1) is 19.2. The van der Waals surface area contributed by atoms with E-state index in [1.807, 2.05) is 13.8 Å². The van der Waals surface area contributed by atoms with Gasteiger partial charge in [-0.3, -0.25) is 9.59 Å². The second kappa shape index (κ2) is 9.41. The molecule has 0 aliphatic heterocycles. The molecule has 7 heteroatoms. The maximum absolute atomic E-state index is 12.5. The van der Waals surface area contributed by atoms with Gasteiger partial charge < -0.3 is 14.5 Å². The Labute approximate surface area is 152 Å². The van der Waals surface area contributed by atoms with Crippen LogP contribution in [0.15, 0.2) is 52.2 Å². The highest BCUT2D eigenvalue weighted by Gasteiger charge is 2.26. The standard InChI is InChI=1S/C19H23N3O4/c1-4-13(2)17(19(24)22-20-12-16-6-5-11-26-16)21-18(23)14-7-9-15(25-3)10-8-14/h5-13,17H,4H2,1-3H3,(H,21,23)(H,22,24)/b20-12+/t13?,17-/m0/s1. The van der Waals surface area contributed by atoms with Crippen molar-refractivity contribution in [2.24, 2.45) is 11.0 Å². The predicted molar refractivity (Wildman–Crippen MR) is 98.1 cm³/mol. The van der Waals surface area contributed by atoms with E-state index in [0.29, 0.717) is 17.1 Å². The molecular formula is C19H23N3O4. The molecule has 0 bridgehead atoms. The molecule has 2 amide bonds. The van der Waals surface area contributed by atoms with Crippen molar-refractivity contribution in [3.63, 3.8) is 0 Å². The Morgan fingerprint density at radius 2 is 2.00 bits per heavy atom. The number of hydrazone groups is 1. The lowest BCUT2D eigenvalue weighted by molar-refractivity contribution is -0.124. The maximum Gasteiger partial charge on any atom is 0.262 e. The topological polar surface area (TPSA) is 92.9 Å². The van der Waals surface area contributed by atoms with E-state index in [1.54, 1.807) is 43.5 Å². The zero-order valence-corrected chi connectivity index (χ0v) is 15.1. The lowest BCUT2D eigenvalue weighted by atomic mass is 9.98. The molecule has 0 saturated heterocycles. The third-order valence-corrected chi connectivity index (χ3v) is 4.04. The van der Waals surface area contributed by atoms with Crippen LogP contribution in [0.1, 0.15) is 36.4 Å². The molecule has 26 heavy (non-hydrogen) atoms. The molecule has 0 radical (unpaired) electrons. The van der Waals surface area contributed by atoms with Crippen molar-refractivity contribution in [2.45, 2.75) is 26.3 Å². The van der Waals surface area contributed by atoms with Gasteiger partial charge in [-0.2, -0.15) is 5.10 Å². The van der Waals surface area contributed by atoms with Crippen LogP contribution in [0.3, 0.4) is 0 Å². The fraction of sp³-hybridized carbons (Fsp3) is 0.316. The Kier molecular flexibility index (Phi) is 6.96. The van der Waals surface area contributed by atoms with E-state index < -0.39 is 6.04 Å². The molecular weight excluding hydrogens is 334 g/mol. The van der Waals surface area contributed by atoms with Gasteiger partial charge in [-0.25, -0.2) is 5.43 Å². The number of nitrogens with one attached hydrogen (secondary N) is 2. The number of amides is 2. The summed E-state index contributed by atoms with van der Waals surface area (Å²) in [6.07, 6.45) is 3.64. The fourth-order valence-electron chi connectivity index (χ4n) is 2.26. The maximum atomic E-state index is 12.5. The third kappa shape index (κ3) is 5.20. The van der Waals surface area contributed by atoms with Gasteiger partial charge in [0.05, 0.1) is 19.6 Å². The van der Waals surface area contributed by atoms with Crippen molar-refractivity contribution in [3.8, 4) is 5.75 Å². The molecule has 1 heterocycles. The van der Waals surface area contributed by atoms with Gasteiger partial charge in [0.1, 0.15) is 17.6 Å². The van der Waals surface area contributed by atoms with E-state index in [2.05, 4.69) is 15.8 Å². The van der Waals surface area contributed by atoms with Crippen LogP contribution in [0, 0.1) is 5.92 Å². The summed E-state index contributed by atoms with van der Waals surface area (Å²) in [6.45, 7) is 3.85. The Morgan fingerprint density at radius 3 is 2.58 bits per heavy atom. The quantitative estimate of drug-likeness (QED) is 0.561. The number of hydrogen-bond donors (Lipinski definition) is 2. The number of benzene rings is 1. The number of methoxy groups -OCH3 is 1. The lowest BCUT2D eigenvalue weighted by Crippen LogP contribution is -2.49. The van der Waals surface area contributed by atoms with Crippen molar-refractivity contribution in [2.75, 3.05) is 7.11 Å². The smallest absolute Gasteiger partial charge is 0.262 e. The first-order valence-corrected chi connectivity index (χ1v) is 8.36. The summed E-state index contributed by atoms with van der Waals surface area (Å²) in [6, 6.07) is 9.42. The molecule has 0 aliphatic carbocycles. The summed E-state index contributed by atoms with van der Waals surface area (Å²) >= 11 is 0. The summed E-state index contributed by atoms with van der Waals surface area (Å²) in [5.74, 6) is 0.404. The van der Waals surface area contributed by atoms with Crippen LogP contribution in [0.2, 0.25) is 0 Å². The second-order valence-electron chi connectivity index (χ2n) is 5.81. The lowest BCUT2D eigenvalue weighted by Gasteiger charge is -2.22. The van der Waals surface area contributed by atoms with Crippen molar-refractivity contribution in [1.82, 2.24) is 10.7 Å². The predicted octanol–water partition coefficient (Wildman–Crippen LogP) is 2.58. The second-order valence-corrected chi connectivity index (χ2v) is 5.81. The van der Waals surface area contributed by atoms with Crippen LogP contribution >= 0.6 is 0 Å². The van der Waals surface area contributed by atoms with Gasteiger partial charge in [-0.05, 0) is 42.3 Å². The Hall–Kier alpha value is -3.09. The van der Waals surface area contributed by atoms with Crippen LogP contribution in [0.4, 0.5) is 0 Å². The fourth-order valence-corrected chi connectivity index (χ4v) is 2.26. The SMILES string of the molecule is CCC(C)[C@H](NC(=O)c1ccc(OC)cc1)C(=O)N/N=C/c1ccco1. The van der Waals surface area contributed by atoms with Gasteiger partial charge in [0.15, 0.2) is 0 Å². The first-order valence-electron chi connectivity index (χ1n) is 8.36. The number of ether oxygens (including phenoxy) is 1. The minimum Gasteiger partial charge on any atom is -0.497 e.